The SMILES string of the molecule is CNC(=O)c1nc(Cl)c(N2CCN(C3CCN(Cc4ccc(Cl)cc4)CC3)[C@@H](C)C2)nc1N. The standard InChI is InChI=1S/C23H31Cl2N7O/c1-15-13-31(22-20(25)28-19(21(26)29-22)23(33)27-2)11-12-32(15)18-7-9-30(10-8-18)14-16-3-5-17(24)6-4-16/h3-6,15,18H,7-14H2,1-2H3,(H2,26,29)(H,27,33)/t15-/m0/s1. The van der Waals surface area contributed by atoms with Gasteiger partial charge in [0.05, 0.1) is 0 Å². The van der Waals surface area contributed by atoms with E-state index in [4.69, 9.17) is 28.9 Å². The fourth-order valence-corrected chi connectivity index (χ4v) is 5.24. The van der Waals surface area contributed by atoms with Gasteiger partial charge in [-0.1, -0.05) is 35.3 Å². The van der Waals surface area contributed by atoms with Crippen LogP contribution in [0.2, 0.25) is 10.2 Å². The van der Waals surface area contributed by atoms with Crippen LogP contribution in [0.15, 0.2) is 24.3 Å². The maximum Gasteiger partial charge on any atom is 0.273 e. The lowest BCUT2D eigenvalue weighted by atomic mass is 9.99. The molecular weight excluding hydrogens is 461 g/mol. The number of carbonyl (C=O) groups excluding carboxylic acids is 1. The third-order valence-electron chi connectivity index (χ3n) is 6.63. The minimum Gasteiger partial charge on any atom is -0.382 e. The fourth-order valence-electron chi connectivity index (χ4n) is 4.87. The van der Waals surface area contributed by atoms with Crippen LogP contribution in [0.3, 0.4) is 0 Å². The summed E-state index contributed by atoms with van der Waals surface area (Å²) in [6.07, 6.45) is 2.32. The molecule has 178 valence electrons. The average molecular weight is 492 g/mol. The van der Waals surface area contributed by atoms with Crippen LogP contribution in [-0.4, -0.2) is 77.5 Å². The molecule has 0 bridgehead atoms. The van der Waals surface area contributed by atoms with Crippen molar-refractivity contribution in [2.24, 2.45) is 0 Å². The summed E-state index contributed by atoms with van der Waals surface area (Å²) in [5.41, 5.74) is 7.35. The predicted molar refractivity (Wildman–Crippen MR) is 133 cm³/mol. The first kappa shape index (κ1) is 24.0. The number of nitrogens with two attached hydrogens (primary N) is 1. The minimum absolute atomic E-state index is 0.0586. The monoisotopic (exact) mass is 491 g/mol. The summed E-state index contributed by atoms with van der Waals surface area (Å²) in [5, 5.41) is 3.50. The van der Waals surface area contributed by atoms with E-state index in [1.54, 1.807) is 0 Å². The van der Waals surface area contributed by atoms with Crippen molar-refractivity contribution in [1.82, 2.24) is 25.1 Å². The number of hydrogen-bond donors (Lipinski definition) is 2. The van der Waals surface area contributed by atoms with Gasteiger partial charge in [-0.2, -0.15) is 0 Å². The van der Waals surface area contributed by atoms with E-state index in [0.717, 1.165) is 57.1 Å². The quantitative estimate of drug-likeness (QED) is 0.664. The van der Waals surface area contributed by atoms with E-state index < -0.39 is 5.91 Å². The van der Waals surface area contributed by atoms with Crippen LogP contribution in [0, 0.1) is 0 Å². The molecule has 0 radical (unpaired) electrons. The summed E-state index contributed by atoms with van der Waals surface area (Å²) in [5.74, 6) is 0.247. The number of rotatable bonds is 5. The minimum atomic E-state index is -0.394. The Morgan fingerprint density at radius 2 is 1.82 bits per heavy atom. The molecule has 33 heavy (non-hydrogen) atoms. The average Bonchev–Trinajstić information content (AvgIpc) is 2.82. The predicted octanol–water partition coefficient (Wildman–Crippen LogP) is 2.90. The number of benzene rings is 1. The maximum absolute atomic E-state index is 11.9. The summed E-state index contributed by atoms with van der Waals surface area (Å²) in [6.45, 7) is 7.91. The number of hydrogen-bond acceptors (Lipinski definition) is 7. The number of nitrogens with one attached hydrogen (secondary N) is 1. The van der Waals surface area contributed by atoms with Gasteiger partial charge in [-0.15, -0.1) is 0 Å². The van der Waals surface area contributed by atoms with Crippen molar-refractivity contribution < 1.29 is 4.79 Å². The number of amides is 1. The zero-order valence-corrected chi connectivity index (χ0v) is 20.6. The van der Waals surface area contributed by atoms with Crippen LogP contribution >= 0.6 is 23.2 Å². The number of nitrogens with zero attached hydrogens (tertiary/aromatic N) is 5. The first-order valence-corrected chi connectivity index (χ1v) is 12.1. The molecule has 0 spiro atoms. The van der Waals surface area contributed by atoms with Gasteiger partial charge in [0, 0.05) is 50.3 Å². The number of piperidine rings is 1. The molecule has 1 aromatic heterocycles. The molecule has 2 aromatic rings. The van der Waals surface area contributed by atoms with Crippen molar-refractivity contribution in [3.8, 4) is 0 Å². The van der Waals surface area contributed by atoms with Crippen molar-refractivity contribution in [3.05, 3.63) is 45.7 Å². The van der Waals surface area contributed by atoms with Crippen LogP contribution in [0.5, 0.6) is 0 Å². The lowest BCUT2D eigenvalue weighted by Gasteiger charge is -2.46. The highest BCUT2D eigenvalue weighted by Crippen LogP contribution is 2.29. The second-order valence-corrected chi connectivity index (χ2v) is 9.61. The molecule has 0 saturated carbocycles. The Balaban J connectivity index is 1.33. The molecular formula is C23H31Cl2N7O. The molecule has 0 unspecified atom stereocenters. The summed E-state index contributed by atoms with van der Waals surface area (Å²) in [4.78, 5) is 27.8. The Labute approximate surface area is 205 Å². The van der Waals surface area contributed by atoms with E-state index in [2.05, 4.69) is 49.0 Å². The fraction of sp³-hybridized carbons (Fsp3) is 0.522. The third kappa shape index (κ3) is 5.51. The number of nitrogen functional groups attached to an aromatic ring is 1. The van der Waals surface area contributed by atoms with Crippen LogP contribution < -0.4 is 16.0 Å². The number of aromatic nitrogens is 2. The van der Waals surface area contributed by atoms with Crippen molar-refractivity contribution in [3.63, 3.8) is 0 Å². The van der Waals surface area contributed by atoms with E-state index in [9.17, 15) is 4.79 Å². The van der Waals surface area contributed by atoms with Crippen LogP contribution in [-0.2, 0) is 6.54 Å². The zero-order chi connectivity index (χ0) is 23.5. The van der Waals surface area contributed by atoms with E-state index in [1.807, 2.05) is 12.1 Å². The Hall–Kier alpha value is -2.13. The first-order chi connectivity index (χ1) is 15.9. The number of likely N-dealkylation sites (tertiary alicyclic amines) is 1. The van der Waals surface area contributed by atoms with Crippen LogP contribution in [0.1, 0.15) is 35.8 Å². The molecule has 2 fully saturated rings. The second-order valence-electron chi connectivity index (χ2n) is 8.82. The summed E-state index contributed by atoms with van der Waals surface area (Å²) in [6, 6.07) is 9.06. The number of halogens is 2. The van der Waals surface area contributed by atoms with Crippen molar-refractivity contribution in [2.45, 2.75) is 38.4 Å². The smallest absolute Gasteiger partial charge is 0.273 e. The summed E-state index contributed by atoms with van der Waals surface area (Å²) < 4.78 is 0. The molecule has 8 nitrogen and oxygen atoms in total. The van der Waals surface area contributed by atoms with Gasteiger partial charge in [0.2, 0.25) is 0 Å². The van der Waals surface area contributed by atoms with Gasteiger partial charge in [-0.3, -0.25) is 14.6 Å². The molecule has 10 heteroatoms. The number of carbonyl (C=O) groups is 1. The number of anilines is 2. The van der Waals surface area contributed by atoms with Crippen molar-refractivity contribution in [1.29, 1.82) is 0 Å². The highest BCUT2D eigenvalue weighted by atomic mass is 35.5. The lowest BCUT2D eigenvalue weighted by molar-refractivity contribution is 0.0690. The topological polar surface area (TPSA) is 90.6 Å². The molecule has 3 N–H and O–H groups in total. The molecule has 4 rings (SSSR count). The highest BCUT2D eigenvalue weighted by molar-refractivity contribution is 6.32. The lowest BCUT2D eigenvalue weighted by Crippen LogP contribution is -2.57. The van der Waals surface area contributed by atoms with Crippen molar-refractivity contribution >= 4 is 40.7 Å². The van der Waals surface area contributed by atoms with Gasteiger partial charge in [0.1, 0.15) is 0 Å². The molecule has 2 aliphatic rings. The van der Waals surface area contributed by atoms with Gasteiger partial charge in [-0.05, 0) is 50.6 Å². The maximum atomic E-state index is 11.9. The zero-order valence-electron chi connectivity index (χ0n) is 19.1. The van der Waals surface area contributed by atoms with Gasteiger partial charge in [-0.25, -0.2) is 9.97 Å². The summed E-state index contributed by atoms with van der Waals surface area (Å²) >= 11 is 12.4. The second kappa shape index (κ2) is 10.4. The first-order valence-electron chi connectivity index (χ1n) is 11.4. The molecule has 2 aliphatic heterocycles. The van der Waals surface area contributed by atoms with Crippen LogP contribution in [0.25, 0.3) is 0 Å². The Morgan fingerprint density at radius 3 is 2.45 bits per heavy atom. The van der Waals surface area contributed by atoms with Gasteiger partial charge < -0.3 is 16.0 Å². The number of piperazine rings is 1. The molecule has 1 atom stereocenters. The van der Waals surface area contributed by atoms with E-state index >= 15 is 0 Å². The molecule has 1 aromatic carbocycles. The van der Waals surface area contributed by atoms with Gasteiger partial charge >= 0.3 is 0 Å². The molecule has 0 aliphatic carbocycles. The third-order valence-corrected chi connectivity index (χ3v) is 7.14. The van der Waals surface area contributed by atoms with E-state index in [0.29, 0.717) is 17.9 Å². The van der Waals surface area contributed by atoms with Gasteiger partial charge in [0.25, 0.3) is 5.91 Å². The summed E-state index contributed by atoms with van der Waals surface area (Å²) in [7, 11) is 1.52. The van der Waals surface area contributed by atoms with E-state index in [1.165, 1.54) is 12.6 Å². The van der Waals surface area contributed by atoms with Gasteiger partial charge in [0.15, 0.2) is 22.5 Å². The van der Waals surface area contributed by atoms with Crippen LogP contribution in [0.4, 0.5) is 11.6 Å². The Morgan fingerprint density at radius 1 is 1.12 bits per heavy atom. The normalized spacial score (nSPS) is 20.7. The molecule has 3 heterocycles. The molecule has 2 saturated heterocycles. The Bertz CT molecular complexity index is 980. The molecule has 1 amide bonds. The Kier molecular flexibility index (Phi) is 7.58. The van der Waals surface area contributed by atoms with Crippen molar-refractivity contribution in [2.75, 3.05) is 50.4 Å². The van der Waals surface area contributed by atoms with E-state index in [-0.39, 0.29) is 16.7 Å². The highest BCUT2D eigenvalue weighted by Gasteiger charge is 2.33. The largest absolute Gasteiger partial charge is 0.382 e.